The fourth-order valence-electron chi connectivity index (χ4n) is 2.03. The van der Waals surface area contributed by atoms with Crippen LogP contribution in [0.4, 0.5) is 11.4 Å². The highest BCUT2D eigenvalue weighted by atomic mass is 16.6. The van der Waals surface area contributed by atoms with Crippen LogP contribution in [0.2, 0.25) is 0 Å². The van der Waals surface area contributed by atoms with E-state index in [1.807, 2.05) is 13.0 Å². The summed E-state index contributed by atoms with van der Waals surface area (Å²) in [6, 6.07) is 6.94. The monoisotopic (exact) mass is 287 g/mol. The van der Waals surface area contributed by atoms with E-state index in [1.165, 1.54) is 6.07 Å². The molecule has 0 aliphatic carbocycles. The summed E-state index contributed by atoms with van der Waals surface area (Å²) >= 11 is 0. The number of nitro groups is 1. The van der Waals surface area contributed by atoms with E-state index in [2.05, 4.69) is 38.0 Å². The summed E-state index contributed by atoms with van der Waals surface area (Å²) in [6.07, 6.45) is 0. The molecule has 112 valence electrons. The number of nitrogens with zero attached hydrogens (tertiary/aromatic N) is 2. The van der Waals surface area contributed by atoms with Crippen molar-refractivity contribution in [2.45, 2.75) is 40.7 Å². The molecule has 2 aromatic rings. The van der Waals surface area contributed by atoms with Gasteiger partial charge in [0.15, 0.2) is 0 Å². The minimum absolute atomic E-state index is 0.0830. The molecule has 0 bridgehead atoms. The number of fused-ring (bicyclic) bond motifs is 1. The van der Waals surface area contributed by atoms with Crippen LogP contribution in [0.1, 0.15) is 33.4 Å². The second kappa shape index (κ2) is 5.31. The van der Waals surface area contributed by atoms with Gasteiger partial charge in [0.25, 0.3) is 5.69 Å². The molecule has 5 nitrogen and oxygen atoms in total. The molecule has 1 unspecified atom stereocenters. The van der Waals surface area contributed by atoms with Gasteiger partial charge in [-0.25, -0.2) is 0 Å². The lowest BCUT2D eigenvalue weighted by Gasteiger charge is -2.29. The number of nitro benzene ring substituents is 1. The fraction of sp³-hybridized carbons (Fsp3) is 0.438. The normalized spacial score (nSPS) is 13.2. The van der Waals surface area contributed by atoms with Crippen molar-refractivity contribution in [1.29, 1.82) is 0 Å². The molecule has 0 aliphatic heterocycles. The number of aromatic nitrogens is 1. The van der Waals surface area contributed by atoms with Crippen molar-refractivity contribution < 1.29 is 4.92 Å². The predicted molar refractivity (Wildman–Crippen MR) is 85.7 cm³/mol. The Kier molecular flexibility index (Phi) is 3.85. The number of benzene rings is 1. The summed E-state index contributed by atoms with van der Waals surface area (Å²) < 4.78 is 0. The van der Waals surface area contributed by atoms with Crippen molar-refractivity contribution in [3.63, 3.8) is 0 Å². The Balaban J connectivity index is 2.55. The number of anilines is 1. The van der Waals surface area contributed by atoms with Gasteiger partial charge in [0.1, 0.15) is 0 Å². The Morgan fingerprint density at radius 3 is 2.52 bits per heavy atom. The molecular weight excluding hydrogens is 266 g/mol. The number of non-ortho nitro benzene ring substituents is 1. The second-order valence-corrected chi connectivity index (χ2v) is 6.50. The van der Waals surface area contributed by atoms with Crippen molar-refractivity contribution in [3.8, 4) is 0 Å². The van der Waals surface area contributed by atoms with E-state index in [0.717, 1.165) is 22.3 Å². The van der Waals surface area contributed by atoms with Crippen LogP contribution in [0, 0.1) is 22.5 Å². The van der Waals surface area contributed by atoms with Crippen LogP contribution in [0.3, 0.4) is 0 Å². The molecule has 0 saturated heterocycles. The third-order valence-electron chi connectivity index (χ3n) is 3.80. The van der Waals surface area contributed by atoms with Gasteiger partial charge in [-0.15, -0.1) is 0 Å². The zero-order chi connectivity index (χ0) is 15.8. The molecule has 1 aromatic heterocycles. The number of aryl methyl sites for hydroxylation is 1. The van der Waals surface area contributed by atoms with Gasteiger partial charge in [-0.3, -0.25) is 15.1 Å². The highest BCUT2D eigenvalue weighted by molar-refractivity contribution is 5.93. The molecule has 0 aliphatic rings. The molecule has 0 fully saturated rings. The summed E-state index contributed by atoms with van der Waals surface area (Å²) in [5.74, 6) is 0. The standard InChI is InChI=1S/C16H21N3O2/c1-10-8-15(18-11(2)16(3,4)5)13-9-12(19(20)21)6-7-14(13)17-10/h6-9,11H,1-5H3,(H,17,18). The number of hydrogen-bond acceptors (Lipinski definition) is 4. The lowest BCUT2D eigenvalue weighted by molar-refractivity contribution is -0.384. The van der Waals surface area contributed by atoms with Crippen LogP contribution >= 0.6 is 0 Å². The summed E-state index contributed by atoms with van der Waals surface area (Å²) in [5, 5.41) is 15.2. The zero-order valence-corrected chi connectivity index (χ0v) is 13.1. The molecule has 1 atom stereocenters. The molecule has 0 saturated carbocycles. The molecular formula is C16H21N3O2. The second-order valence-electron chi connectivity index (χ2n) is 6.50. The number of pyridine rings is 1. The summed E-state index contributed by atoms with van der Waals surface area (Å²) in [5.41, 5.74) is 2.72. The molecule has 1 N–H and O–H groups in total. The van der Waals surface area contributed by atoms with Crippen molar-refractivity contribution in [3.05, 3.63) is 40.1 Å². The Morgan fingerprint density at radius 2 is 1.95 bits per heavy atom. The summed E-state index contributed by atoms with van der Waals surface area (Å²) in [7, 11) is 0. The average molecular weight is 287 g/mol. The summed E-state index contributed by atoms with van der Waals surface area (Å²) in [4.78, 5) is 15.0. The third-order valence-corrected chi connectivity index (χ3v) is 3.80. The number of rotatable bonds is 3. The number of hydrogen-bond donors (Lipinski definition) is 1. The first-order valence-electron chi connectivity index (χ1n) is 7.01. The van der Waals surface area contributed by atoms with Gasteiger partial charge in [0, 0.05) is 34.9 Å². The van der Waals surface area contributed by atoms with Crippen molar-refractivity contribution >= 4 is 22.3 Å². The lowest BCUT2D eigenvalue weighted by atomic mass is 9.88. The van der Waals surface area contributed by atoms with E-state index in [0.29, 0.717) is 0 Å². The van der Waals surface area contributed by atoms with Crippen LogP contribution in [0.25, 0.3) is 10.9 Å². The van der Waals surface area contributed by atoms with Gasteiger partial charge in [-0.1, -0.05) is 20.8 Å². The van der Waals surface area contributed by atoms with Gasteiger partial charge in [0.05, 0.1) is 10.4 Å². The highest BCUT2D eigenvalue weighted by Gasteiger charge is 2.21. The molecule has 2 rings (SSSR count). The third kappa shape index (κ3) is 3.29. The maximum Gasteiger partial charge on any atom is 0.270 e. The van der Waals surface area contributed by atoms with Crippen LogP contribution < -0.4 is 5.32 Å². The van der Waals surface area contributed by atoms with Gasteiger partial charge in [-0.2, -0.15) is 0 Å². The fourth-order valence-corrected chi connectivity index (χ4v) is 2.03. The van der Waals surface area contributed by atoms with E-state index in [1.54, 1.807) is 12.1 Å². The Hall–Kier alpha value is -2.17. The predicted octanol–water partition coefficient (Wildman–Crippen LogP) is 4.30. The van der Waals surface area contributed by atoms with Crippen molar-refractivity contribution in [2.24, 2.45) is 5.41 Å². The maximum atomic E-state index is 11.0. The molecule has 0 radical (unpaired) electrons. The van der Waals surface area contributed by atoms with E-state index in [4.69, 9.17) is 0 Å². The van der Waals surface area contributed by atoms with Gasteiger partial charge in [0.2, 0.25) is 0 Å². The highest BCUT2D eigenvalue weighted by Crippen LogP contribution is 2.30. The van der Waals surface area contributed by atoms with E-state index in [-0.39, 0.29) is 22.1 Å². The molecule has 0 amide bonds. The van der Waals surface area contributed by atoms with Crippen molar-refractivity contribution in [2.75, 3.05) is 5.32 Å². The molecule has 1 aromatic carbocycles. The smallest absolute Gasteiger partial charge is 0.270 e. The zero-order valence-electron chi connectivity index (χ0n) is 13.1. The van der Waals surface area contributed by atoms with E-state index in [9.17, 15) is 10.1 Å². The van der Waals surface area contributed by atoms with Crippen LogP contribution in [0.5, 0.6) is 0 Å². The lowest BCUT2D eigenvalue weighted by Crippen LogP contribution is -2.30. The first-order valence-corrected chi connectivity index (χ1v) is 7.01. The van der Waals surface area contributed by atoms with Gasteiger partial charge in [-0.05, 0) is 31.4 Å². The van der Waals surface area contributed by atoms with E-state index >= 15 is 0 Å². The Labute approximate surface area is 124 Å². The van der Waals surface area contributed by atoms with Crippen LogP contribution in [-0.2, 0) is 0 Å². The summed E-state index contributed by atoms with van der Waals surface area (Å²) in [6.45, 7) is 10.5. The van der Waals surface area contributed by atoms with Gasteiger partial charge >= 0.3 is 0 Å². The number of nitrogens with one attached hydrogen (secondary N) is 1. The first kappa shape index (κ1) is 15.2. The van der Waals surface area contributed by atoms with Gasteiger partial charge < -0.3 is 5.32 Å². The quantitative estimate of drug-likeness (QED) is 0.675. The molecule has 1 heterocycles. The van der Waals surface area contributed by atoms with E-state index < -0.39 is 0 Å². The SMILES string of the molecule is Cc1cc(NC(C)C(C)(C)C)c2cc([N+](=O)[O-])ccc2n1. The molecule has 5 heteroatoms. The Morgan fingerprint density at radius 1 is 1.29 bits per heavy atom. The minimum atomic E-state index is -0.379. The molecule has 21 heavy (non-hydrogen) atoms. The topological polar surface area (TPSA) is 68.1 Å². The first-order chi connectivity index (χ1) is 9.68. The minimum Gasteiger partial charge on any atom is -0.381 e. The average Bonchev–Trinajstić information content (AvgIpc) is 2.36. The Bertz CT molecular complexity index is 690. The van der Waals surface area contributed by atoms with Crippen LogP contribution in [-0.4, -0.2) is 15.9 Å². The maximum absolute atomic E-state index is 11.0. The molecule has 0 spiro atoms. The van der Waals surface area contributed by atoms with Crippen LogP contribution in [0.15, 0.2) is 24.3 Å². The largest absolute Gasteiger partial charge is 0.381 e. The van der Waals surface area contributed by atoms with Crippen molar-refractivity contribution in [1.82, 2.24) is 4.98 Å².